The molecule has 0 unspecified atom stereocenters. The summed E-state index contributed by atoms with van der Waals surface area (Å²) in [4.78, 5) is 35.4. The summed E-state index contributed by atoms with van der Waals surface area (Å²) in [6.45, 7) is 1.26. The Morgan fingerprint density at radius 1 is 1.12 bits per heavy atom. The highest BCUT2D eigenvalue weighted by molar-refractivity contribution is 7.91. The Labute approximate surface area is 145 Å². The lowest BCUT2D eigenvalue weighted by Gasteiger charge is -2.13. The standard InChI is InChI=1S/C16H19N3O5S/c1-11(20)17-14(9-12-5-3-2-4-6-12)16(22)19-18-15(21)13-7-8-25(23,24)10-13/h2-6,9,13H,7-8,10H2,1H3,(H,17,20)(H,18,21)(H,19,22)/b14-9-/t13-/m0/s1. The first-order valence-electron chi connectivity index (χ1n) is 7.62. The number of nitrogens with one attached hydrogen (secondary N) is 3. The molecule has 134 valence electrons. The van der Waals surface area contributed by atoms with Crippen LogP contribution in [-0.2, 0) is 24.2 Å². The first-order valence-corrected chi connectivity index (χ1v) is 9.44. The zero-order valence-electron chi connectivity index (χ0n) is 13.6. The summed E-state index contributed by atoms with van der Waals surface area (Å²) in [5.74, 6) is -2.68. The number of carbonyl (C=O) groups is 3. The molecule has 1 aliphatic rings. The molecule has 9 heteroatoms. The lowest BCUT2D eigenvalue weighted by molar-refractivity contribution is -0.129. The SMILES string of the molecule is CC(=O)N/C(=C\c1ccccc1)C(=O)NNC(=O)[C@H]1CCS(=O)(=O)C1. The molecule has 0 spiro atoms. The fourth-order valence-corrected chi connectivity index (χ4v) is 4.09. The fourth-order valence-electron chi connectivity index (χ4n) is 2.35. The minimum Gasteiger partial charge on any atom is -0.322 e. The third-order valence-electron chi connectivity index (χ3n) is 3.57. The maximum atomic E-state index is 12.2. The second-order valence-electron chi connectivity index (χ2n) is 5.69. The third kappa shape index (κ3) is 5.71. The molecule has 3 N–H and O–H groups in total. The molecule has 1 aromatic carbocycles. The van der Waals surface area contributed by atoms with E-state index in [1.165, 1.54) is 13.0 Å². The molecular formula is C16H19N3O5S. The van der Waals surface area contributed by atoms with Gasteiger partial charge >= 0.3 is 0 Å². The Morgan fingerprint density at radius 2 is 1.80 bits per heavy atom. The van der Waals surface area contributed by atoms with E-state index in [2.05, 4.69) is 16.2 Å². The maximum absolute atomic E-state index is 12.2. The van der Waals surface area contributed by atoms with Crippen LogP contribution in [0.4, 0.5) is 0 Å². The first kappa shape index (κ1) is 18.7. The summed E-state index contributed by atoms with van der Waals surface area (Å²) in [6, 6.07) is 8.86. The molecule has 1 fully saturated rings. The van der Waals surface area contributed by atoms with Crippen molar-refractivity contribution < 1.29 is 22.8 Å². The Kier molecular flexibility index (Phi) is 5.92. The lowest BCUT2D eigenvalue weighted by Crippen LogP contribution is -2.47. The number of rotatable bonds is 4. The molecular weight excluding hydrogens is 346 g/mol. The molecule has 1 aromatic rings. The van der Waals surface area contributed by atoms with E-state index >= 15 is 0 Å². The highest BCUT2D eigenvalue weighted by atomic mass is 32.2. The van der Waals surface area contributed by atoms with E-state index in [1.54, 1.807) is 24.3 Å². The highest BCUT2D eigenvalue weighted by Crippen LogP contribution is 2.18. The molecule has 2 rings (SSSR count). The quantitative estimate of drug-likeness (QED) is 0.502. The number of benzene rings is 1. The first-order chi connectivity index (χ1) is 11.8. The predicted molar refractivity (Wildman–Crippen MR) is 91.3 cm³/mol. The molecule has 0 radical (unpaired) electrons. The van der Waals surface area contributed by atoms with E-state index in [9.17, 15) is 22.8 Å². The molecule has 1 aliphatic heterocycles. The van der Waals surface area contributed by atoms with Gasteiger partial charge in [0.2, 0.25) is 11.8 Å². The van der Waals surface area contributed by atoms with Gasteiger partial charge in [-0.3, -0.25) is 25.2 Å². The smallest absolute Gasteiger partial charge is 0.286 e. The normalized spacial score (nSPS) is 19.1. The van der Waals surface area contributed by atoms with Gasteiger partial charge in [-0.25, -0.2) is 8.42 Å². The highest BCUT2D eigenvalue weighted by Gasteiger charge is 2.33. The van der Waals surface area contributed by atoms with Crippen LogP contribution >= 0.6 is 0 Å². The average molecular weight is 365 g/mol. The number of hydrogen-bond acceptors (Lipinski definition) is 5. The molecule has 1 atom stereocenters. The van der Waals surface area contributed by atoms with Gasteiger partial charge in [-0.1, -0.05) is 30.3 Å². The van der Waals surface area contributed by atoms with Crippen molar-refractivity contribution in [2.24, 2.45) is 5.92 Å². The molecule has 0 aliphatic carbocycles. The molecule has 0 saturated carbocycles. The molecule has 0 aromatic heterocycles. The van der Waals surface area contributed by atoms with E-state index in [-0.39, 0.29) is 23.6 Å². The molecule has 3 amide bonds. The zero-order valence-corrected chi connectivity index (χ0v) is 14.4. The number of carbonyl (C=O) groups excluding carboxylic acids is 3. The van der Waals surface area contributed by atoms with E-state index in [4.69, 9.17) is 0 Å². The van der Waals surface area contributed by atoms with Crippen molar-refractivity contribution >= 4 is 33.6 Å². The number of sulfone groups is 1. The van der Waals surface area contributed by atoms with Crippen LogP contribution in [-0.4, -0.2) is 37.6 Å². The average Bonchev–Trinajstić information content (AvgIpc) is 2.92. The monoisotopic (exact) mass is 365 g/mol. The van der Waals surface area contributed by atoms with Gasteiger partial charge in [0, 0.05) is 6.92 Å². The molecule has 8 nitrogen and oxygen atoms in total. The van der Waals surface area contributed by atoms with Crippen LogP contribution in [0, 0.1) is 5.92 Å². The lowest BCUT2D eigenvalue weighted by atomic mass is 10.1. The van der Waals surface area contributed by atoms with Crippen molar-refractivity contribution in [1.29, 1.82) is 0 Å². The summed E-state index contributed by atoms with van der Waals surface area (Å²) in [5.41, 5.74) is 5.05. The van der Waals surface area contributed by atoms with Crippen LogP contribution in [0.5, 0.6) is 0 Å². The molecule has 25 heavy (non-hydrogen) atoms. The summed E-state index contributed by atoms with van der Waals surface area (Å²) in [6.07, 6.45) is 1.69. The summed E-state index contributed by atoms with van der Waals surface area (Å²) in [7, 11) is -3.19. The van der Waals surface area contributed by atoms with E-state index in [0.29, 0.717) is 5.56 Å². The van der Waals surface area contributed by atoms with E-state index in [1.807, 2.05) is 6.07 Å². The topological polar surface area (TPSA) is 121 Å². The second-order valence-corrected chi connectivity index (χ2v) is 7.92. The van der Waals surface area contributed by atoms with E-state index in [0.717, 1.165) is 0 Å². The van der Waals surface area contributed by atoms with Gasteiger partial charge in [0.05, 0.1) is 17.4 Å². The van der Waals surface area contributed by atoms with Crippen molar-refractivity contribution in [3.05, 3.63) is 41.6 Å². The number of hydrazine groups is 1. The predicted octanol–water partition coefficient (Wildman–Crippen LogP) is -0.254. The maximum Gasteiger partial charge on any atom is 0.286 e. The van der Waals surface area contributed by atoms with Crippen molar-refractivity contribution in [3.8, 4) is 0 Å². The Bertz CT molecular complexity index is 802. The molecule has 1 heterocycles. The fraction of sp³-hybridized carbons (Fsp3) is 0.312. The van der Waals surface area contributed by atoms with E-state index < -0.39 is 33.5 Å². The Balaban J connectivity index is 2.01. The molecule has 1 saturated heterocycles. The molecule has 0 bridgehead atoms. The summed E-state index contributed by atoms with van der Waals surface area (Å²) >= 11 is 0. The minimum absolute atomic E-state index is 0.0376. The number of amides is 3. The van der Waals surface area contributed by atoms with Crippen LogP contribution in [0.2, 0.25) is 0 Å². The van der Waals surface area contributed by atoms with Gasteiger partial charge in [0.25, 0.3) is 5.91 Å². The van der Waals surface area contributed by atoms with Crippen LogP contribution in [0.3, 0.4) is 0 Å². The van der Waals surface area contributed by atoms with Gasteiger partial charge in [0.15, 0.2) is 9.84 Å². The largest absolute Gasteiger partial charge is 0.322 e. The Morgan fingerprint density at radius 3 is 2.36 bits per heavy atom. The zero-order chi connectivity index (χ0) is 18.4. The van der Waals surface area contributed by atoms with Crippen molar-refractivity contribution in [1.82, 2.24) is 16.2 Å². The van der Waals surface area contributed by atoms with Gasteiger partial charge in [-0.15, -0.1) is 0 Å². The summed E-state index contributed by atoms with van der Waals surface area (Å²) in [5, 5.41) is 2.40. The van der Waals surface area contributed by atoms with Crippen LogP contribution < -0.4 is 16.2 Å². The Hall–Kier alpha value is -2.68. The van der Waals surface area contributed by atoms with Gasteiger partial charge in [-0.05, 0) is 18.1 Å². The van der Waals surface area contributed by atoms with Gasteiger partial charge in [0.1, 0.15) is 5.70 Å². The van der Waals surface area contributed by atoms with Crippen LogP contribution in [0.25, 0.3) is 6.08 Å². The van der Waals surface area contributed by atoms with Gasteiger partial charge < -0.3 is 5.32 Å². The van der Waals surface area contributed by atoms with Crippen molar-refractivity contribution in [2.75, 3.05) is 11.5 Å². The van der Waals surface area contributed by atoms with Gasteiger partial charge in [-0.2, -0.15) is 0 Å². The third-order valence-corrected chi connectivity index (χ3v) is 5.34. The second kappa shape index (κ2) is 7.93. The van der Waals surface area contributed by atoms with Crippen LogP contribution in [0.15, 0.2) is 36.0 Å². The van der Waals surface area contributed by atoms with Crippen LogP contribution in [0.1, 0.15) is 18.9 Å². The van der Waals surface area contributed by atoms with Crippen molar-refractivity contribution in [2.45, 2.75) is 13.3 Å². The summed E-state index contributed by atoms with van der Waals surface area (Å²) < 4.78 is 22.8. The minimum atomic E-state index is -3.19. The number of hydrogen-bond donors (Lipinski definition) is 3. The van der Waals surface area contributed by atoms with Crippen molar-refractivity contribution in [3.63, 3.8) is 0 Å².